The summed E-state index contributed by atoms with van der Waals surface area (Å²) >= 11 is 1.51. The van der Waals surface area contributed by atoms with Crippen LogP contribution in [-0.4, -0.2) is 25.1 Å². The molecule has 3 aromatic rings. The number of aromatic nitrogens is 1. The lowest BCUT2D eigenvalue weighted by Gasteiger charge is -2.12. The quantitative estimate of drug-likeness (QED) is 0.632. The van der Waals surface area contributed by atoms with Crippen LogP contribution in [-0.2, 0) is 18.0 Å². The van der Waals surface area contributed by atoms with Gasteiger partial charge in [-0.3, -0.25) is 4.79 Å². The molecular formula is C20H20N2O4S. The van der Waals surface area contributed by atoms with Gasteiger partial charge in [0.15, 0.2) is 11.5 Å². The van der Waals surface area contributed by atoms with E-state index in [1.807, 2.05) is 29.6 Å². The van der Waals surface area contributed by atoms with Gasteiger partial charge < -0.3 is 19.5 Å². The molecule has 0 saturated heterocycles. The van der Waals surface area contributed by atoms with E-state index in [9.17, 15) is 4.79 Å². The summed E-state index contributed by atoms with van der Waals surface area (Å²) in [5.74, 6) is 0.823. The zero-order chi connectivity index (χ0) is 19.1. The second-order valence-electron chi connectivity index (χ2n) is 5.72. The van der Waals surface area contributed by atoms with Gasteiger partial charge >= 0.3 is 0 Å². The van der Waals surface area contributed by atoms with E-state index < -0.39 is 0 Å². The van der Waals surface area contributed by atoms with E-state index in [0.717, 1.165) is 11.3 Å². The number of carbonyl (C=O) groups is 1. The van der Waals surface area contributed by atoms with Crippen LogP contribution in [0.15, 0.2) is 53.4 Å². The van der Waals surface area contributed by atoms with E-state index in [1.54, 1.807) is 37.9 Å². The van der Waals surface area contributed by atoms with Crippen LogP contribution in [0.1, 0.15) is 21.6 Å². The van der Waals surface area contributed by atoms with Gasteiger partial charge in [0.1, 0.15) is 6.61 Å². The highest BCUT2D eigenvalue weighted by Gasteiger charge is 2.12. The van der Waals surface area contributed by atoms with Crippen molar-refractivity contribution in [2.45, 2.75) is 13.2 Å². The van der Waals surface area contributed by atoms with Crippen LogP contribution < -0.4 is 14.8 Å². The number of hydrogen-bond acceptors (Lipinski definition) is 6. The molecule has 0 atom stereocenters. The Morgan fingerprint density at radius 1 is 1.11 bits per heavy atom. The predicted molar refractivity (Wildman–Crippen MR) is 105 cm³/mol. The number of hydrogen-bond donors (Lipinski definition) is 1. The summed E-state index contributed by atoms with van der Waals surface area (Å²) in [7, 11) is 3.18. The number of carbonyl (C=O) groups excluding carboxylic acids is 1. The van der Waals surface area contributed by atoms with Crippen LogP contribution in [0.2, 0.25) is 0 Å². The van der Waals surface area contributed by atoms with Crippen LogP contribution in [0.4, 0.5) is 5.69 Å². The predicted octanol–water partition coefficient (Wildman–Crippen LogP) is 4.13. The van der Waals surface area contributed by atoms with Crippen LogP contribution in [0.3, 0.4) is 0 Å². The molecule has 0 spiro atoms. The number of methoxy groups -OCH3 is 2. The van der Waals surface area contributed by atoms with E-state index in [-0.39, 0.29) is 5.91 Å². The van der Waals surface area contributed by atoms with Crippen molar-refractivity contribution < 1.29 is 19.0 Å². The fourth-order valence-electron chi connectivity index (χ4n) is 2.50. The lowest BCUT2D eigenvalue weighted by Crippen LogP contribution is -2.12. The third kappa shape index (κ3) is 5.06. The molecule has 0 aliphatic carbocycles. The summed E-state index contributed by atoms with van der Waals surface area (Å²) in [5, 5.41) is 4.81. The Hall–Kier alpha value is -2.90. The van der Waals surface area contributed by atoms with Crippen molar-refractivity contribution in [3.8, 4) is 11.5 Å². The minimum Gasteiger partial charge on any atom is -0.493 e. The first kappa shape index (κ1) is 18.9. The van der Waals surface area contributed by atoms with Gasteiger partial charge in [0.2, 0.25) is 0 Å². The van der Waals surface area contributed by atoms with Crippen molar-refractivity contribution in [3.63, 3.8) is 0 Å². The van der Waals surface area contributed by atoms with Gasteiger partial charge in [-0.2, -0.15) is 0 Å². The van der Waals surface area contributed by atoms with Gasteiger partial charge in [-0.15, -0.1) is 11.3 Å². The Morgan fingerprint density at radius 2 is 2.00 bits per heavy atom. The molecule has 6 nitrogen and oxygen atoms in total. The lowest BCUT2D eigenvalue weighted by molar-refractivity contribution is 0.102. The third-order valence-corrected chi connectivity index (χ3v) is 4.42. The third-order valence-electron chi connectivity index (χ3n) is 3.78. The number of ether oxygens (including phenoxy) is 3. The van der Waals surface area contributed by atoms with E-state index in [2.05, 4.69) is 10.3 Å². The van der Waals surface area contributed by atoms with Gasteiger partial charge in [-0.1, -0.05) is 12.1 Å². The SMILES string of the molecule is COCc1cccc(NC(=O)c2ccc(OCc3cscn3)c(OC)c2)c1. The Bertz CT molecular complexity index is 897. The number of rotatable bonds is 8. The molecule has 0 saturated carbocycles. The summed E-state index contributed by atoms with van der Waals surface area (Å²) in [6.45, 7) is 0.834. The van der Waals surface area contributed by atoms with Crippen molar-refractivity contribution in [2.24, 2.45) is 0 Å². The van der Waals surface area contributed by atoms with Crippen LogP contribution in [0.25, 0.3) is 0 Å². The molecule has 0 fully saturated rings. The second-order valence-corrected chi connectivity index (χ2v) is 6.44. The summed E-state index contributed by atoms with van der Waals surface area (Å²) in [6.07, 6.45) is 0. The molecule has 1 amide bonds. The maximum absolute atomic E-state index is 12.6. The number of thiazole rings is 1. The van der Waals surface area contributed by atoms with Crippen molar-refractivity contribution in [3.05, 3.63) is 70.2 Å². The number of nitrogens with one attached hydrogen (secondary N) is 1. The van der Waals surface area contributed by atoms with Gasteiger partial charge in [-0.05, 0) is 35.9 Å². The zero-order valence-electron chi connectivity index (χ0n) is 15.1. The maximum atomic E-state index is 12.6. The molecular weight excluding hydrogens is 364 g/mol. The average Bonchev–Trinajstić information content (AvgIpc) is 3.20. The Morgan fingerprint density at radius 3 is 2.74 bits per heavy atom. The van der Waals surface area contributed by atoms with E-state index in [1.165, 1.54) is 11.3 Å². The van der Waals surface area contributed by atoms with Crippen molar-refractivity contribution in [1.82, 2.24) is 4.98 Å². The Labute approximate surface area is 161 Å². The molecule has 2 aromatic carbocycles. The molecule has 7 heteroatoms. The normalized spacial score (nSPS) is 10.4. The zero-order valence-corrected chi connectivity index (χ0v) is 15.9. The molecule has 0 radical (unpaired) electrons. The van der Waals surface area contributed by atoms with Gasteiger partial charge in [-0.25, -0.2) is 4.98 Å². The minimum atomic E-state index is -0.228. The summed E-state index contributed by atoms with van der Waals surface area (Å²) in [5.41, 5.74) is 4.77. The molecule has 1 heterocycles. The molecule has 1 aromatic heterocycles. The number of benzene rings is 2. The van der Waals surface area contributed by atoms with Crippen molar-refractivity contribution in [1.29, 1.82) is 0 Å². The smallest absolute Gasteiger partial charge is 0.255 e. The highest BCUT2D eigenvalue weighted by molar-refractivity contribution is 7.07. The fraction of sp³-hybridized carbons (Fsp3) is 0.200. The highest BCUT2D eigenvalue weighted by Crippen LogP contribution is 2.29. The molecule has 0 aliphatic heterocycles. The number of amides is 1. The largest absolute Gasteiger partial charge is 0.493 e. The average molecular weight is 384 g/mol. The molecule has 0 bridgehead atoms. The molecule has 27 heavy (non-hydrogen) atoms. The van der Waals surface area contributed by atoms with Crippen LogP contribution >= 0.6 is 11.3 Å². The molecule has 0 aliphatic rings. The van der Waals surface area contributed by atoms with Crippen molar-refractivity contribution in [2.75, 3.05) is 19.5 Å². The maximum Gasteiger partial charge on any atom is 0.255 e. The molecule has 140 valence electrons. The topological polar surface area (TPSA) is 69.7 Å². The fourth-order valence-corrected chi connectivity index (χ4v) is 3.04. The van der Waals surface area contributed by atoms with Gasteiger partial charge in [0, 0.05) is 23.7 Å². The summed E-state index contributed by atoms with van der Waals surface area (Å²) in [6, 6.07) is 12.6. The van der Waals surface area contributed by atoms with Crippen LogP contribution in [0.5, 0.6) is 11.5 Å². The molecule has 1 N–H and O–H groups in total. The standard InChI is InChI=1S/C20H20N2O4S/c1-24-10-14-4-3-5-16(8-14)22-20(23)15-6-7-18(19(9-15)25-2)26-11-17-12-27-13-21-17/h3-9,12-13H,10-11H2,1-2H3,(H,22,23). The Balaban J connectivity index is 1.70. The van der Waals surface area contributed by atoms with Gasteiger partial charge in [0.25, 0.3) is 5.91 Å². The summed E-state index contributed by atoms with van der Waals surface area (Å²) in [4.78, 5) is 16.7. The second kappa shape index (κ2) is 9.16. The van der Waals surface area contributed by atoms with E-state index in [0.29, 0.717) is 36.0 Å². The highest BCUT2D eigenvalue weighted by atomic mass is 32.1. The molecule has 3 rings (SSSR count). The first-order valence-corrected chi connectivity index (χ1v) is 9.21. The number of anilines is 1. The van der Waals surface area contributed by atoms with Crippen molar-refractivity contribution >= 4 is 22.9 Å². The van der Waals surface area contributed by atoms with E-state index >= 15 is 0 Å². The summed E-state index contributed by atoms with van der Waals surface area (Å²) < 4.78 is 16.2. The van der Waals surface area contributed by atoms with E-state index in [4.69, 9.17) is 14.2 Å². The van der Waals surface area contributed by atoms with Gasteiger partial charge in [0.05, 0.1) is 24.9 Å². The molecule has 0 unspecified atom stereocenters. The minimum absolute atomic E-state index is 0.228. The first-order valence-electron chi connectivity index (χ1n) is 8.26. The monoisotopic (exact) mass is 384 g/mol. The van der Waals surface area contributed by atoms with Crippen LogP contribution in [0, 0.1) is 0 Å². The number of nitrogens with zero attached hydrogens (tertiary/aromatic N) is 1. The Kier molecular flexibility index (Phi) is 6.40. The first-order chi connectivity index (χ1) is 13.2. The lowest BCUT2D eigenvalue weighted by atomic mass is 10.1.